The van der Waals surface area contributed by atoms with Crippen LogP contribution in [-0.2, 0) is 22.6 Å². The second-order valence-corrected chi connectivity index (χ2v) is 6.00. The molecule has 0 N–H and O–H groups in total. The molecule has 0 radical (unpaired) electrons. The molecule has 0 bridgehead atoms. The van der Waals surface area contributed by atoms with Crippen molar-refractivity contribution in [3.63, 3.8) is 0 Å². The maximum atomic E-state index is 11.8. The van der Waals surface area contributed by atoms with Crippen molar-refractivity contribution < 1.29 is 14.3 Å². The average molecular weight is 327 g/mol. The molecular weight excluding hydrogens is 312 g/mol. The van der Waals surface area contributed by atoms with Gasteiger partial charge in [0.2, 0.25) is 0 Å². The molecule has 0 atom stereocenters. The van der Waals surface area contributed by atoms with Gasteiger partial charge in [-0.2, -0.15) is 0 Å². The Kier molecular flexibility index (Phi) is 5.52. The van der Waals surface area contributed by atoms with Crippen molar-refractivity contribution >= 4 is 29.1 Å². The molecule has 0 aliphatic carbocycles. The fraction of sp³-hybridized carbons (Fsp3) is 0.357. The van der Waals surface area contributed by atoms with E-state index in [-0.39, 0.29) is 25.1 Å². The number of hydrogen-bond acceptors (Lipinski definition) is 6. The van der Waals surface area contributed by atoms with Gasteiger partial charge in [0.25, 0.3) is 0 Å². The molecule has 1 heterocycles. The van der Waals surface area contributed by atoms with Gasteiger partial charge in [-0.05, 0) is 31.5 Å². The zero-order valence-electron chi connectivity index (χ0n) is 11.7. The molecule has 0 unspecified atom stereocenters. The summed E-state index contributed by atoms with van der Waals surface area (Å²) >= 11 is 6.90. The first kappa shape index (κ1) is 15.7. The van der Waals surface area contributed by atoms with Gasteiger partial charge in [0.15, 0.2) is 0 Å². The van der Waals surface area contributed by atoms with Gasteiger partial charge in [0.1, 0.15) is 22.4 Å². The first-order chi connectivity index (χ1) is 10.0. The highest BCUT2D eigenvalue weighted by atomic mass is 35.5. The predicted octanol–water partition coefficient (Wildman–Crippen LogP) is 3.26. The van der Waals surface area contributed by atoms with Crippen LogP contribution < -0.4 is 4.74 Å². The van der Waals surface area contributed by atoms with Gasteiger partial charge < -0.3 is 9.47 Å². The van der Waals surface area contributed by atoms with Crippen molar-refractivity contribution in [1.82, 2.24) is 9.59 Å². The molecule has 0 fully saturated rings. The van der Waals surface area contributed by atoms with E-state index in [1.165, 1.54) is 0 Å². The lowest BCUT2D eigenvalue weighted by Crippen LogP contribution is -2.09. The minimum atomic E-state index is -0.347. The Hall–Kier alpha value is -1.66. The van der Waals surface area contributed by atoms with Crippen LogP contribution in [0.15, 0.2) is 24.3 Å². The third kappa shape index (κ3) is 4.99. The summed E-state index contributed by atoms with van der Waals surface area (Å²) < 4.78 is 14.8. The lowest BCUT2D eigenvalue weighted by Gasteiger charge is -2.10. The second-order valence-electron chi connectivity index (χ2n) is 4.64. The third-order valence-electron chi connectivity index (χ3n) is 2.50. The molecule has 0 amide bonds. The Morgan fingerprint density at radius 1 is 1.43 bits per heavy atom. The van der Waals surface area contributed by atoms with Crippen LogP contribution in [0.1, 0.15) is 25.1 Å². The smallest absolute Gasteiger partial charge is 0.310 e. The number of hydrogen-bond donors (Lipinski definition) is 0. The van der Waals surface area contributed by atoms with Crippen molar-refractivity contribution in [3.05, 3.63) is 39.9 Å². The van der Waals surface area contributed by atoms with Crippen LogP contribution in [0.5, 0.6) is 5.75 Å². The van der Waals surface area contributed by atoms with Gasteiger partial charge in [-0.1, -0.05) is 28.2 Å². The topological polar surface area (TPSA) is 61.3 Å². The lowest BCUT2D eigenvalue weighted by atomic mass is 10.1. The molecule has 0 aliphatic heterocycles. The van der Waals surface area contributed by atoms with E-state index in [4.69, 9.17) is 21.1 Å². The van der Waals surface area contributed by atoms with Gasteiger partial charge in [-0.25, -0.2) is 0 Å². The minimum absolute atomic E-state index is 0.0380. The van der Waals surface area contributed by atoms with Gasteiger partial charge in [-0.3, -0.25) is 4.79 Å². The summed E-state index contributed by atoms with van der Waals surface area (Å²) in [5.74, 6) is 0.391. The Bertz CT molecular complexity index is 616. The quantitative estimate of drug-likeness (QED) is 0.762. The van der Waals surface area contributed by atoms with E-state index in [1.807, 2.05) is 38.1 Å². The fourth-order valence-electron chi connectivity index (χ4n) is 1.65. The van der Waals surface area contributed by atoms with Crippen LogP contribution in [0.2, 0.25) is 4.34 Å². The zero-order valence-corrected chi connectivity index (χ0v) is 13.3. The van der Waals surface area contributed by atoms with Crippen molar-refractivity contribution in [3.8, 4) is 5.75 Å². The Morgan fingerprint density at radius 3 is 2.90 bits per heavy atom. The normalized spacial score (nSPS) is 10.7. The Labute approximate surface area is 132 Å². The maximum Gasteiger partial charge on any atom is 0.310 e. The van der Waals surface area contributed by atoms with E-state index in [1.54, 1.807) is 0 Å². The number of benzene rings is 1. The lowest BCUT2D eigenvalue weighted by molar-refractivity contribution is -0.144. The van der Waals surface area contributed by atoms with Gasteiger partial charge in [0.05, 0.1) is 12.5 Å². The molecule has 2 aromatic rings. The highest BCUT2D eigenvalue weighted by Gasteiger charge is 2.10. The molecule has 7 heteroatoms. The minimum Gasteiger partial charge on any atom is -0.491 e. The number of halogens is 1. The van der Waals surface area contributed by atoms with Gasteiger partial charge >= 0.3 is 5.97 Å². The molecule has 0 saturated carbocycles. The Balaban J connectivity index is 1.89. The monoisotopic (exact) mass is 326 g/mol. The number of esters is 1. The summed E-state index contributed by atoms with van der Waals surface area (Å²) in [5.41, 5.74) is 1.31. The molecule has 21 heavy (non-hydrogen) atoms. The first-order valence-corrected chi connectivity index (χ1v) is 7.57. The summed E-state index contributed by atoms with van der Waals surface area (Å²) in [6.45, 7) is 3.94. The first-order valence-electron chi connectivity index (χ1n) is 6.42. The van der Waals surface area contributed by atoms with Crippen LogP contribution in [-0.4, -0.2) is 21.7 Å². The number of ether oxygens (including phenoxy) is 2. The van der Waals surface area contributed by atoms with Crippen molar-refractivity contribution in [1.29, 1.82) is 0 Å². The van der Waals surface area contributed by atoms with Crippen LogP contribution in [0, 0.1) is 0 Å². The number of nitrogens with zero attached hydrogens (tertiary/aromatic N) is 2. The molecular formula is C14H15ClN2O3S. The molecule has 5 nitrogen and oxygen atoms in total. The van der Waals surface area contributed by atoms with Crippen molar-refractivity contribution in [2.75, 3.05) is 0 Å². The van der Waals surface area contributed by atoms with Crippen molar-refractivity contribution in [2.24, 2.45) is 0 Å². The van der Waals surface area contributed by atoms with Crippen LogP contribution in [0.25, 0.3) is 0 Å². The maximum absolute atomic E-state index is 11.8. The third-order valence-corrected chi connectivity index (χ3v) is 3.48. The molecule has 1 aromatic carbocycles. The summed E-state index contributed by atoms with van der Waals surface area (Å²) in [5, 5.41) is 3.78. The van der Waals surface area contributed by atoms with E-state index in [0.717, 1.165) is 22.8 Å². The average Bonchev–Trinajstić information content (AvgIpc) is 2.81. The predicted molar refractivity (Wildman–Crippen MR) is 80.6 cm³/mol. The van der Waals surface area contributed by atoms with E-state index < -0.39 is 0 Å². The number of carbonyl (C=O) groups is 1. The second kappa shape index (κ2) is 7.38. The van der Waals surface area contributed by atoms with Crippen LogP contribution in [0.4, 0.5) is 0 Å². The van der Waals surface area contributed by atoms with E-state index in [2.05, 4.69) is 9.59 Å². The molecule has 0 aliphatic rings. The van der Waals surface area contributed by atoms with Gasteiger partial charge in [0, 0.05) is 11.5 Å². The van der Waals surface area contributed by atoms with Crippen LogP contribution >= 0.6 is 23.1 Å². The van der Waals surface area contributed by atoms with Crippen LogP contribution in [0.3, 0.4) is 0 Å². The highest BCUT2D eigenvalue weighted by molar-refractivity contribution is 7.10. The molecule has 0 spiro atoms. The number of carbonyl (C=O) groups excluding carboxylic acids is 1. The van der Waals surface area contributed by atoms with E-state index in [9.17, 15) is 4.79 Å². The highest BCUT2D eigenvalue weighted by Crippen LogP contribution is 2.19. The number of aromatic nitrogens is 2. The van der Waals surface area contributed by atoms with Crippen molar-refractivity contribution in [2.45, 2.75) is 33.0 Å². The number of rotatable bonds is 6. The molecule has 2 rings (SSSR count). The van der Waals surface area contributed by atoms with E-state index >= 15 is 0 Å². The SMILES string of the molecule is CC(C)Oc1cccc(CC(=O)OCc2nnsc2Cl)c1. The molecule has 112 valence electrons. The standard InChI is InChI=1S/C14H15ClN2O3S/c1-9(2)20-11-5-3-4-10(6-11)7-13(18)19-8-12-14(15)21-17-16-12/h3-6,9H,7-8H2,1-2H3. The molecule has 1 aromatic heterocycles. The zero-order chi connectivity index (χ0) is 15.2. The summed E-state index contributed by atoms with van der Waals surface area (Å²) in [7, 11) is 0. The summed E-state index contributed by atoms with van der Waals surface area (Å²) in [4.78, 5) is 11.8. The summed E-state index contributed by atoms with van der Waals surface area (Å²) in [6.07, 6.45) is 0.260. The molecule has 0 saturated heterocycles. The Morgan fingerprint density at radius 2 is 2.24 bits per heavy atom. The largest absolute Gasteiger partial charge is 0.491 e. The fourth-order valence-corrected chi connectivity index (χ4v) is 2.25. The summed E-state index contributed by atoms with van der Waals surface area (Å²) in [6, 6.07) is 7.39. The van der Waals surface area contributed by atoms with Gasteiger partial charge in [-0.15, -0.1) is 5.10 Å². The van der Waals surface area contributed by atoms with E-state index in [0.29, 0.717) is 10.0 Å².